The first-order chi connectivity index (χ1) is 7.02. The number of hydrogen-bond donors (Lipinski definition) is 2. The Hall–Kier alpha value is -1.91. The minimum absolute atomic E-state index is 0.0187. The minimum Gasteiger partial charge on any atom is -0.493 e. The van der Waals surface area contributed by atoms with Crippen LogP contribution in [0.2, 0.25) is 0 Å². The zero-order chi connectivity index (χ0) is 11.6. The van der Waals surface area contributed by atoms with Crippen LogP contribution in [0.15, 0.2) is 6.07 Å². The van der Waals surface area contributed by atoms with E-state index in [1.165, 1.54) is 20.3 Å². The lowest BCUT2D eigenvalue weighted by molar-refractivity contribution is 0.0697. The molecule has 0 aliphatic heterocycles. The summed E-state index contributed by atoms with van der Waals surface area (Å²) in [5.74, 6) is -0.266. The van der Waals surface area contributed by atoms with Crippen LogP contribution in [0, 0.1) is 6.92 Å². The highest BCUT2D eigenvalue weighted by Gasteiger charge is 2.18. The molecule has 0 amide bonds. The molecular formula is C10H13NO4. The second-order valence-electron chi connectivity index (χ2n) is 3.00. The highest BCUT2D eigenvalue weighted by molar-refractivity contribution is 5.96. The lowest BCUT2D eigenvalue weighted by atomic mass is 10.1. The Kier molecular flexibility index (Phi) is 3.04. The fraction of sp³-hybridized carbons (Fsp3) is 0.300. The third-order valence-corrected chi connectivity index (χ3v) is 2.19. The van der Waals surface area contributed by atoms with Crippen LogP contribution in [-0.4, -0.2) is 25.3 Å². The van der Waals surface area contributed by atoms with Gasteiger partial charge in [-0.15, -0.1) is 0 Å². The lowest BCUT2D eigenvalue weighted by Crippen LogP contribution is -2.06. The molecule has 5 nitrogen and oxygen atoms in total. The Morgan fingerprint density at radius 3 is 2.40 bits per heavy atom. The van der Waals surface area contributed by atoms with Gasteiger partial charge >= 0.3 is 5.97 Å². The molecule has 0 spiro atoms. The Bertz CT molecular complexity index is 401. The van der Waals surface area contributed by atoms with Gasteiger partial charge in [-0.25, -0.2) is 4.79 Å². The predicted molar refractivity (Wildman–Crippen MR) is 55.7 cm³/mol. The Morgan fingerprint density at radius 1 is 1.40 bits per heavy atom. The third-order valence-electron chi connectivity index (χ3n) is 2.19. The van der Waals surface area contributed by atoms with Crippen LogP contribution >= 0.6 is 0 Å². The number of nitrogens with two attached hydrogens (primary N) is 1. The number of rotatable bonds is 3. The SMILES string of the molecule is COc1cc(C(=O)O)c(N)c(C)c1OC. The Balaban J connectivity index is 3.49. The van der Waals surface area contributed by atoms with Crippen molar-refractivity contribution in [3.8, 4) is 11.5 Å². The summed E-state index contributed by atoms with van der Waals surface area (Å²) in [7, 11) is 2.92. The monoisotopic (exact) mass is 211 g/mol. The molecular weight excluding hydrogens is 198 g/mol. The second kappa shape index (κ2) is 4.08. The zero-order valence-corrected chi connectivity index (χ0v) is 8.83. The largest absolute Gasteiger partial charge is 0.493 e. The molecule has 82 valence electrons. The van der Waals surface area contributed by atoms with Crippen LogP contribution in [-0.2, 0) is 0 Å². The van der Waals surface area contributed by atoms with Gasteiger partial charge < -0.3 is 20.3 Å². The van der Waals surface area contributed by atoms with E-state index < -0.39 is 5.97 Å². The number of nitrogen functional groups attached to an aromatic ring is 1. The number of benzene rings is 1. The molecule has 0 unspecified atom stereocenters. The number of ether oxygens (including phenoxy) is 2. The van der Waals surface area contributed by atoms with Crippen molar-refractivity contribution in [2.45, 2.75) is 6.92 Å². The lowest BCUT2D eigenvalue weighted by Gasteiger charge is -2.14. The van der Waals surface area contributed by atoms with Crippen molar-refractivity contribution in [1.29, 1.82) is 0 Å². The van der Waals surface area contributed by atoms with Gasteiger partial charge in [0.2, 0.25) is 0 Å². The molecule has 5 heteroatoms. The molecule has 0 saturated heterocycles. The number of methoxy groups -OCH3 is 2. The van der Waals surface area contributed by atoms with E-state index in [4.69, 9.17) is 20.3 Å². The molecule has 3 N–H and O–H groups in total. The average molecular weight is 211 g/mol. The topological polar surface area (TPSA) is 81.8 Å². The Morgan fingerprint density at radius 2 is 2.00 bits per heavy atom. The van der Waals surface area contributed by atoms with E-state index in [-0.39, 0.29) is 11.3 Å². The number of hydrogen-bond acceptors (Lipinski definition) is 4. The van der Waals surface area contributed by atoms with Crippen molar-refractivity contribution >= 4 is 11.7 Å². The fourth-order valence-corrected chi connectivity index (χ4v) is 1.37. The van der Waals surface area contributed by atoms with E-state index in [0.29, 0.717) is 17.1 Å². The van der Waals surface area contributed by atoms with Crippen molar-refractivity contribution < 1.29 is 19.4 Å². The van der Waals surface area contributed by atoms with Gasteiger partial charge in [0.1, 0.15) is 0 Å². The first kappa shape index (κ1) is 11.2. The summed E-state index contributed by atoms with van der Waals surface area (Å²) in [4.78, 5) is 10.9. The second-order valence-corrected chi connectivity index (χ2v) is 3.00. The number of carboxylic acids is 1. The number of carbonyl (C=O) groups is 1. The zero-order valence-electron chi connectivity index (χ0n) is 8.83. The molecule has 0 heterocycles. The Labute approximate surface area is 87.4 Å². The smallest absolute Gasteiger partial charge is 0.337 e. The van der Waals surface area contributed by atoms with Gasteiger partial charge in [-0.3, -0.25) is 0 Å². The van der Waals surface area contributed by atoms with Crippen LogP contribution in [0.3, 0.4) is 0 Å². The fourth-order valence-electron chi connectivity index (χ4n) is 1.37. The number of carboxylic acid groups (broad SMARTS) is 1. The standard InChI is InChI=1S/C10H13NO4/c1-5-8(11)6(10(12)13)4-7(14-2)9(5)15-3/h4H,11H2,1-3H3,(H,12,13). The maximum Gasteiger partial charge on any atom is 0.337 e. The highest BCUT2D eigenvalue weighted by Crippen LogP contribution is 2.36. The van der Waals surface area contributed by atoms with Crippen LogP contribution in [0.1, 0.15) is 15.9 Å². The van der Waals surface area contributed by atoms with E-state index in [2.05, 4.69) is 0 Å². The van der Waals surface area contributed by atoms with Gasteiger partial charge in [-0.2, -0.15) is 0 Å². The molecule has 15 heavy (non-hydrogen) atoms. The highest BCUT2D eigenvalue weighted by atomic mass is 16.5. The molecule has 0 aromatic heterocycles. The van der Waals surface area contributed by atoms with Crippen molar-refractivity contribution in [1.82, 2.24) is 0 Å². The molecule has 0 fully saturated rings. The van der Waals surface area contributed by atoms with Gasteiger partial charge in [-0.05, 0) is 6.92 Å². The van der Waals surface area contributed by atoms with Crippen molar-refractivity contribution in [3.63, 3.8) is 0 Å². The van der Waals surface area contributed by atoms with E-state index in [0.717, 1.165) is 0 Å². The van der Waals surface area contributed by atoms with Gasteiger partial charge in [0.05, 0.1) is 25.5 Å². The molecule has 1 aromatic carbocycles. The van der Waals surface area contributed by atoms with Crippen LogP contribution < -0.4 is 15.2 Å². The quantitative estimate of drug-likeness (QED) is 0.736. The summed E-state index contributed by atoms with van der Waals surface area (Å²) >= 11 is 0. The average Bonchev–Trinajstić information content (AvgIpc) is 2.21. The molecule has 1 aromatic rings. The first-order valence-corrected chi connectivity index (χ1v) is 4.27. The van der Waals surface area contributed by atoms with Crippen molar-refractivity contribution in [2.75, 3.05) is 20.0 Å². The van der Waals surface area contributed by atoms with Crippen LogP contribution in [0.25, 0.3) is 0 Å². The van der Waals surface area contributed by atoms with Gasteiger partial charge in [0.25, 0.3) is 0 Å². The summed E-state index contributed by atoms with van der Waals surface area (Å²) in [5, 5.41) is 8.90. The summed E-state index contributed by atoms with van der Waals surface area (Å²) < 4.78 is 10.1. The molecule has 0 atom stereocenters. The summed E-state index contributed by atoms with van der Waals surface area (Å²) in [6, 6.07) is 1.35. The molecule has 0 aliphatic rings. The number of anilines is 1. The maximum absolute atomic E-state index is 10.9. The summed E-state index contributed by atoms with van der Waals surface area (Å²) in [5.41, 5.74) is 6.44. The molecule has 0 radical (unpaired) electrons. The van der Waals surface area contributed by atoms with E-state index >= 15 is 0 Å². The third kappa shape index (κ3) is 1.81. The predicted octanol–water partition coefficient (Wildman–Crippen LogP) is 1.29. The van der Waals surface area contributed by atoms with Crippen molar-refractivity contribution in [2.24, 2.45) is 0 Å². The normalized spacial score (nSPS) is 9.80. The number of aromatic carboxylic acids is 1. The summed E-state index contributed by atoms with van der Waals surface area (Å²) in [6.45, 7) is 1.68. The van der Waals surface area contributed by atoms with Crippen molar-refractivity contribution in [3.05, 3.63) is 17.2 Å². The molecule has 0 saturated carbocycles. The van der Waals surface area contributed by atoms with E-state index in [9.17, 15) is 4.79 Å². The maximum atomic E-state index is 10.9. The van der Waals surface area contributed by atoms with E-state index in [1.54, 1.807) is 6.92 Å². The summed E-state index contributed by atoms with van der Waals surface area (Å²) in [6.07, 6.45) is 0. The first-order valence-electron chi connectivity index (χ1n) is 4.27. The van der Waals surface area contributed by atoms with Gasteiger partial charge in [0, 0.05) is 11.6 Å². The van der Waals surface area contributed by atoms with Crippen LogP contribution in [0.5, 0.6) is 11.5 Å². The molecule has 1 rings (SSSR count). The molecule has 0 aliphatic carbocycles. The van der Waals surface area contributed by atoms with E-state index in [1.807, 2.05) is 0 Å². The molecule has 0 bridgehead atoms. The van der Waals surface area contributed by atoms with Crippen LogP contribution in [0.4, 0.5) is 5.69 Å². The van der Waals surface area contributed by atoms with Gasteiger partial charge in [-0.1, -0.05) is 0 Å². The van der Waals surface area contributed by atoms with Gasteiger partial charge in [0.15, 0.2) is 11.5 Å². The minimum atomic E-state index is -1.09.